The molecular weight excluding hydrogens is 526 g/mol. The predicted molar refractivity (Wildman–Crippen MR) is 164 cm³/mol. The topological polar surface area (TPSA) is 82.1 Å². The average molecular weight is 578 g/mol. The van der Waals surface area contributed by atoms with Crippen molar-refractivity contribution >= 4 is 11.9 Å². The van der Waals surface area contributed by atoms with E-state index in [0.717, 1.165) is 69.4 Å². The number of amides is 1. The highest BCUT2D eigenvalue weighted by Gasteiger charge is 2.66. The molecule has 3 saturated carbocycles. The van der Waals surface area contributed by atoms with Gasteiger partial charge in [-0.25, -0.2) is 4.79 Å². The Bertz CT molecular complexity index is 1320. The standard InChI is InChI=1S/C35H51N3O4/c1-23-24-8-9-27-33(4,25(24)20-26(39)29(23)40)13-15-35(6)28-21-31(2,10-11-32(28,3)12-14-34(27,35)5)22-36-30(41)42-38-18-16-37(7)17-19-38/h8-9,20,28,40H,10-19,21-22H2,1-7H3,(H,36,41)/t28-,31-,32-,33+,34-,35+/m1/s1. The Labute approximate surface area is 252 Å². The first-order chi connectivity index (χ1) is 19.6. The van der Waals surface area contributed by atoms with Crippen molar-refractivity contribution in [3.63, 3.8) is 0 Å². The Balaban J connectivity index is 1.24. The van der Waals surface area contributed by atoms with Crippen LogP contribution in [0, 0.1) is 33.0 Å². The molecule has 0 radical (unpaired) electrons. The Kier molecular flexibility index (Phi) is 6.94. The first-order valence-corrected chi connectivity index (χ1v) is 16.1. The normalized spacial score (nSPS) is 42.3. The summed E-state index contributed by atoms with van der Waals surface area (Å²) in [7, 11) is 2.09. The van der Waals surface area contributed by atoms with Gasteiger partial charge in [0.25, 0.3) is 0 Å². The minimum absolute atomic E-state index is 0.000757. The van der Waals surface area contributed by atoms with Crippen LogP contribution in [-0.4, -0.2) is 66.7 Å². The Morgan fingerprint density at radius 1 is 1.00 bits per heavy atom. The SMILES string of the molecule is CC1=C(O)C(=O)C=C2C1=CC=C1[C@@]2(C)CC[C@@]2(C)[C@@H]3C[C@](C)(CNC(=O)ON4CCN(C)CC4)CC[C@]3(C)CC[C@]12C. The van der Waals surface area contributed by atoms with Crippen molar-refractivity contribution < 1.29 is 19.5 Å². The smallest absolute Gasteiger partial charge is 0.426 e. The van der Waals surface area contributed by atoms with Gasteiger partial charge in [0, 0.05) is 43.7 Å². The highest BCUT2D eigenvalue weighted by molar-refractivity contribution is 6.06. The third-order valence-corrected chi connectivity index (χ3v) is 13.3. The van der Waals surface area contributed by atoms with E-state index in [-0.39, 0.29) is 44.7 Å². The quantitative estimate of drug-likeness (QED) is 0.398. The molecule has 5 aliphatic carbocycles. The molecule has 0 unspecified atom stereocenters. The first kappa shape index (κ1) is 29.7. The second kappa shape index (κ2) is 9.82. The number of hydrogen-bond acceptors (Lipinski definition) is 6. The zero-order valence-corrected chi connectivity index (χ0v) is 26.9. The summed E-state index contributed by atoms with van der Waals surface area (Å²) < 4.78 is 0. The van der Waals surface area contributed by atoms with Crippen molar-refractivity contribution in [2.24, 2.45) is 33.0 Å². The number of likely N-dealkylation sites (N-methyl/N-ethyl adjacent to an activating group) is 1. The predicted octanol–water partition coefficient (Wildman–Crippen LogP) is 6.50. The molecule has 6 atom stereocenters. The van der Waals surface area contributed by atoms with Crippen LogP contribution >= 0.6 is 0 Å². The van der Waals surface area contributed by atoms with Crippen molar-refractivity contribution in [3.05, 3.63) is 46.3 Å². The zero-order chi connectivity index (χ0) is 30.3. The largest absolute Gasteiger partial charge is 0.504 e. The lowest BCUT2D eigenvalue weighted by molar-refractivity contribution is -0.161. The van der Waals surface area contributed by atoms with Crippen LogP contribution in [0.1, 0.15) is 86.5 Å². The molecule has 0 bridgehead atoms. The fourth-order valence-electron chi connectivity index (χ4n) is 10.00. The van der Waals surface area contributed by atoms with Crippen LogP contribution < -0.4 is 5.32 Å². The number of aliphatic hydroxyl groups excluding tert-OH is 1. The molecule has 230 valence electrons. The maximum atomic E-state index is 12.8. The number of nitrogens with one attached hydrogen (secondary N) is 1. The van der Waals surface area contributed by atoms with E-state index in [0.29, 0.717) is 18.0 Å². The highest BCUT2D eigenvalue weighted by atomic mass is 16.7. The van der Waals surface area contributed by atoms with E-state index in [9.17, 15) is 14.7 Å². The number of hydrogen-bond donors (Lipinski definition) is 2. The minimum atomic E-state index is -0.331. The summed E-state index contributed by atoms with van der Waals surface area (Å²) in [5.41, 5.74) is 4.46. The van der Waals surface area contributed by atoms with Gasteiger partial charge in [-0.1, -0.05) is 52.3 Å². The van der Waals surface area contributed by atoms with Gasteiger partial charge < -0.3 is 20.2 Å². The molecule has 1 aliphatic heterocycles. The van der Waals surface area contributed by atoms with Gasteiger partial charge >= 0.3 is 6.09 Å². The molecule has 0 aromatic rings. The number of fused-ring (bicyclic) bond motifs is 7. The number of allylic oxidation sites excluding steroid dienone is 7. The molecule has 1 heterocycles. The number of aliphatic hydroxyl groups is 1. The van der Waals surface area contributed by atoms with Gasteiger partial charge in [0.1, 0.15) is 0 Å². The van der Waals surface area contributed by atoms with Crippen LogP contribution in [0.2, 0.25) is 0 Å². The summed E-state index contributed by atoms with van der Waals surface area (Å²) >= 11 is 0. The molecule has 6 aliphatic rings. The number of carbonyl (C=O) groups excluding carboxylic acids is 2. The lowest BCUT2D eigenvalue weighted by atomic mass is 9.34. The molecule has 0 aromatic heterocycles. The van der Waals surface area contributed by atoms with E-state index in [2.05, 4.69) is 64.0 Å². The number of rotatable bonds is 3. The molecule has 42 heavy (non-hydrogen) atoms. The number of ketones is 1. The minimum Gasteiger partial charge on any atom is -0.504 e. The van der Waals surface area contributed by atoms with Crippen molar-refractivity contribution in [2.45, 2.75) is 86.5 Å². The van der Waals surface area contributed by atoms with E-state index in [1.807, 2.05) is 6.92 Å². The lowest BCUT2D eigenvalue weighted by Crippen LogP contribution is -2.62. The lowest BCUT2D eigenvalue weighted by Gasteiger charge is -2.70. The van der Waals surface area contributed by atoms with Crippen LogP contribution in [0.3, 0.4) is 0 Å². The molecule has 7 heteroatoms. The summed E-state index contributed by atoms with van der Waals surface area (Å²) in [6.07, 6.45) is 13.7. The van der Waals surface area contributed by atoms with Gasteiger partial charge in [-0.2, -0.15) is 0 Å². The summed E-state index contributed by atoms with van der Waals surface area (Å²) in [5.74, 6) is 0.146. The molecule has 0 spiro atoms. The number of piperazine rings is 1. The van der Waals surface area contributed by atoms with Crippen molar-refractivity contribution in [2.75, 3.05) is 39.8 Å². The molecular formula is C35H51N3O4. The fourth-order valence-corrected chi connectivity index (χ4v) is 10.00. The maximum Gasteiger partial charge on any atom is 0.426 e. The Hall–Kier alpha value is -2.38. The zero-order valence-electron chi connectivity index (χ0n) is 26.9. The van der Waals surface area contributed by atoms with Gasteiger partial charge in [-0.15, -0.1) is 5.06 Å². The third kappa shape index (κ3) is 4.36. The number of nitrogens with zero attached hydrogens (tertiary/aromatic N) is 2. The van der Waals surface area contributed by atoms with Crippen LogP contribution in [-0.2, 0) is 9.63 Å². The third-order valence-electron chi connectivity index (χ3n) is 13.3. The molecule has 1 amide bonds. The number of hydroxylamine groups is 2. The molecule has 4 fully saturated rings. The molecule has 6 rings (SSSR count). The molecule has 2 N–H and O–H groups in total. The van der Waals surface area contributed by atoms with Crippen molar-refractivity contribution in [3.8, 4) is 0 Å². The molecule has 1 saturated heterocycles. The van der Waals surface area contributed by atoms with E-state index in [4.69, 9.17) is 4.84 Å². The van der Waals surface area contributed by atoms with Gasteiger partial charge in [0.05, 0.1) is 0 Å². The van der Waals surface area contributed by atoms with E-state index in [1.54, 1.807) is 11.1 Å². The molecule has 7 nitrogen and oxygen atoms in total. The van der Waals surface area contributed by atoms with Crippen LogP contribution in [0.25, 0.3) is 0 Å². The van der Waals surface area contributed by atoms with E-state index in [1.165, 1.54) is 18.4 Å². The van der Waals surface area contributed by atoms with Crippen LogP contribution in [0.4, 0.5) is 4.79 Å². The fraction of sp³-hybridized carbons (Fsp3) is 0.714. The Morgan fingerprint density at radius 3 is 2.40 bits per heavy atom. The van der Waals surface area contributed by atoms with Gasteiger partial charge in [-0.3, -0.25) is 4.79 Å². The Morgan fingerprint density at radius 2 is 1.69 bits per heavy atom. The summed E-state index contributed by atoms with van der Waals surface area (Å²) in [6.45, 7) is 18.1. The second-order valence-electron chi connectivity index (χ2n) is 15.8. The van der Waals surface area contributed by atoms with E-state index >= 15 is 0 Å². The van der Waals surface area contributed by atoms with Crippen LogP contribution in [0.15, 0.2) is 46.3 Å². The van der Waals surface area contributed by atoms with Gasteiger partial charge in [-0.05, 0) is 104 Å². The van der Waals surface area contributed by atoms with Crippen molar-refractivity contribution in [1.29, 1.82) is 0 Å². The second-order valence-corrected chi connectivity index (χ2v) is 15.8. The first-order valence-electron chi connectivity index (χ1n) is 16.1. The average Bonchev–Trinajstić information content (AvgIpc) is 2.95. The highest BCUT2D eigenvalue weighted by Crippen LogP contribution is 2.75. The van der Waals surface area contributed by atoms with Crippen LogP contribution in [0.5, 0.6) is 0 Å². The van der Waals surface area contributed by atoms with Gasteiger partial charge in [0.15, 0.2) is 5.76 Å². The van der Waals surface area contributed by atoms with E-state index < -0.39 is 0 Å². The summed E-state index contributed by atoms with van der Waals surface area (Å²) in [5, 5.41) is 15.3. The molecule has 0 aromatic carbocycles. The summed E-state index contributed by atoms with van der Waals surface area (Å²) in [4.78, 5) is 33.5. The maximum absolute atomic E-state index is 12.8. The van der Waals surface area contributed by atoms with Gasteiger partial charge in [0.2, 0.25) is 5.78 Å². The summed E-state index contributed by atoms with van der Waals surface area (Å²) in [6, 6.07) is 0. The van der Waals surface area contributed by atoms with Crippen molar-refractivity contribution in [1.82, 2.24) is 15.3 Å². The monoisotopic (exact) mass is 577 g/mol. The number of carbonyl (C=O) groups is 2.